The molecule has 0 aromatic heterocycles. The van der Waals surface area contributed by atoms with Gasteiger partial charge in [-0.25, -0.2) is 4.39 Å². The Balaban J connectivity index is 1.82. The number of hydrogen-bond donors (Lipinski definition) is 0. The molecule has 1 fully saturated rings. The molecule has 1 aliphatic carbocycles. The van der Waals surface area contributed by atoms with Crippen LogP contribution in [-0.2, 0) is 6.42 Å². The Labute approximate surface area is 147 Å². The first-order valence-electron chi connectivity index (χ1n) is 9.69. The SMILES string of the molecule is CCCC[C@H]1CC[C@H](/C=C/C#Cc2ccc(CCC)cc2F)CC1. The van der Waals surface area contributed by atoms with Crippen LogP contribution < -0.4 is 0 Å². The predicted molar refractivity (Wildman–Crippen MR) is 101 cm³/mol. The normalized spacial score (nSPS) is 20.8. The summed E-state index contributed by atoms with van der Waals surface area (Å²) in [6.07, 6.45) is 15.5. The Morgan fingerprint density at radius 3 is 2.58 bits per heavy atom. The number of aryl methyl sites for hydroxylation is 1. The largest absolute Gasteiger partial charge is 0.206 e. The molecule has 24 heavy (non-hydrogen) atoms. The van der Waals surface area contributed by atoms with E-state index in [4.69, 9.17) is 0 Å². The lowest BCUT2D eigenvalue weighted by atomic mass is 9.80. The van der Waals surface area contributed by atoms with Crippen molar-refractivity contribution in [3.63, 3.8) is 0 Å². The molecule has 1 saturated carbocycles. The minimum Gasteiger partial charge on any atom is -0.206 e. The topological polar surface area (TPSA) is 0 Å². The quantitative estimate of drug-likeness (QED) is 0.511. The zero-order valence-corrected chi connectivity index (χ0v) is 15.3. The highest BCUT2D eigenvalue weighted by atomic mass is 19.1. The van der Waals surface area contributed by atoms with E-state index in [2.05, 4.69) is 31.8 Å². The van der Waals surface area contributed by atoms with E-state index in [1.165, 1.54) is 44.9 Å². The fraction of sp³-hybridized carbons (Fsp3) is 0.565. The summed E-state index contributed by atoms with van der Waals surface area (Å²) in [6.45, 7) is 4.38. The van der Waals surface area contributed by atoms with Crippen molar-refractivity contribution in [3.05, 3.63) is 47.3 Å². The Morgan fingerprint density at radius 2 is 1.92 bits per heavy atom. The van der Waals surface area contributed by atoms with Crippen LogP contribution in [-0.4, -0.2) is 0 Å². The second kappa shape index (κ2) is 10.3. The first-order chi connectivity index (χ1) is 11.7. The molecule has 1 heteroatoms. The van der Waals surface area contributed by atoms with E-state index in [1.807, 2.05) is 12.1 Å². The lowest BCUT2D eigenvalue weighted by molar-refractivity contribution is 0.291. The average molecular weight is 326 g/mol. The van der Waals surface area contributed by atoms with Gasteiger partial charge in [0.2, 0.25) is 0 Å². The number of hydrogen-bond acceptors (Lipinski definition) is 0. The zero-order chi connectivity index (χ0) is 17.2. The molecule has 1 aromatic rings. The maximum absolute atomic E-state index is 14.0. The molecule has 0 N–H and O–H groups in total. The standard InChI is InChI=1S/C23H31F/c1-3-5-9-19-12-14-20(15-13-19)10-6-7-11-22-17-16-21(8-4-2)18-23(22)24/h6,10,16-20H,3-5,8-9,12-15H2,1-2H3/b10-6+/t19-,20-. The molecular weight excluding hydrogens is 295 g/mol. The van der Waals surface area contributed by atoms with Gasteiger partial charge in [-0.05, 0) is 67.7 Å². The molecule has 0 atom stereocenters. The number of halogens is 1. The molecule has 0 heterocycles. The molecule has 1 aromatic carbocycles. The second-order valence-corrected chi connectivity index (χ2v) is 7.12. The van der Waals surface area contributed by atoms with Crippen LogP contribution in [0.3, 0.4) is 0 Å². The van der Waals surface area contributed by atoms with Crippen molar-refractivity contribution < 1.29 is 4.39 Å². The minimum absolute atomic E-state index is 0.196. The summed E-state index contributed by atoms with van der Waals surface area (Å²) < 4.78 is 14.0. The van der Waals surface area contributed by atoms with E-state index in [1.54, 1.807) is 12.1 Å². The Kier molecular flexibility index (Phi) is 8.10. The smallest absolute Gasteiger partial charge is 0.139 e. The number of unbranched alkanes of at least 4 members (excludes halogenated alkanes) is 1. The molecule has 1 aliphatic rings. The van der Waals surface area contributed by atoms with Gasteiger partial charge in [0.05, 0.1) is 5.56 Å². The van der Waals surface area contributed by atoms with Gasteiger partial charge in [0.15, 0.2) is 0 Å². The molecule has 0 aliphatic heterocycles. The summed E-state index contributed by atoms with van der Waals surface area (Å²) in [7, 11) is 0. The average Bonchev–Trinajstić information content (AvgIpc) is 2.60. The van der Waals surface area contributed by atoms with E-state index in [0.717, 1.165) is 24.3 Å². The van der Waals surface area contributed by atoms with Gasteiger partial charge in [-0.1, -0.05) is 63.5 Å². The number of allylic oxidation sites excluding steroid dienone is 2. The molecule has 2 rings (SSSR count). The molecule has 0 nitrogen and oxygen atoms in total. The van der Waals surface area contributed by atoms with Crippen molar-refractivity contribution in [2.75, 3.05) is 0 Å². The third-order valence-corrected chi connectivity index (χ3v) is 5.09. The van der Waals surface area contributed by atoms with Crippen LogP contribution in [0, 0.1) is 29.5 Å². The monoisotopic (exact) mass is 326 g/mol. The molecule has 0 amide bonds. The first kappa shape index (κ1) is 18.8. The van der Waals surface area contributed by atoms with Gasteiger partial charge in [-0.2, -0.15) is 0 Å². The fourth-order valence-corrected chi connectivity index (χ4v) is 3.57. The number of benzene rings is 1. The van der Waals surface area contributed by atoms with Crippen LogP contribution in [0.5, 0.6) is 0 Å². The van der Waals surface area contributed by atoms with Gasteiger partial charge in [-0.15, -0.1) is 0 Å². The van der Waals surface area contributed by atoms with Crippen molar-refractivity contribution in [1.29, 1.82) is 0 Å². The first-order valence-corrected chi connectivity index (χ1v) is 9.69. The van der Waals surface area contributed by atoms with E-state index < -0.39 is 0 Å². The third kappa shape index (κ3) is 6.16. The van der Waals surface area contributed by atoms with Gasteiger partial charge in [0.25, 0.3) is 0 Å². The fourth-order valence-electron chi connectivity index (χ4n) is 3.57. The highest BCUT2D eigenvalue weighted by molar-refractivity contribution is 5.39. The van der Waals surface area contributed by atoms with Crippen LogP contribution >= 0.6 is 0 Å². The van der Waals surface area contributed by atoms with E-state index >= 15 is 0 Å². The maximum Gasteiger partial charge on any atom is 0.139 e. The van der Waals surface area contributed by atoms with Gasteiger partial charge in [-0.3, -0.25) is 0 Å². The molecule has 0 spiro atoms. The Hall–Kier alpha value is -1.55. The van der Waals surface area contributed by atoms with Crippen LogP contribution in [0.4, 0.5) is 4.39 Å². The summed E-state index contributed by atoms with van der Waals surface area (Å²) >= 11 is 0. The summed E-state index contributed by atoms with van der Waals surface area (Å²) in [5, 5.41) is 0. The molecule has 0 unspecified atom stereocenters. The van der Waals surface area contributed by atoms with E-state index in [9.17, 15) is 4.39 Å². The number of rotatable bonds is 6. The van der Waals surface area contributed by atoms with Crippen molar-refractivity contribution >= 4 is 0 Å². The Morgan fingerprint density at radius 1 is 1.12 bits per heavy atom. The van der Waals surface area contributed by atoms with Crippen molar-refractivity contribution in [3.8, 4) is 11.8 Å². The second-order valence-electron chi connectivity index (χ2n) is 7.12. The van der Waals surface area contributed by atoms with Gasteiger partial charge in [0, 0.05) is 0 Å². The molecule has 0 radical (unpaired) electrons. The molecule has 0 saturated heterocycles. The maximum atomic E-state index is 14.0. The van der Waals surface area contributed by atoms with Crippen molar-refractivity contribution in [2.45, 2.75) is 71.6 Å². The van der Waals surface area contributed by atoms with Crippen LogP contribution in [0.15, 0.2) is 30.4 Å². The summed E-state index contributed by atoms with van der Waals surface area (Å²) in [5.74, 6) is 7.37. The third-order valence-electron chi connectivity index (χ3n) is 5.09. The van der Waals surface area contributed by atoms with E-state index in [0.29, 0.717) is 11.5 Å². The highest BCUT2D eigenvalue weighted by Gasteiger charge is 2.18. The molecule has 130 valence electrons. The Bertz CT molecular complexity index is 580. The predicted octanol–water partition coefficient (Wildman–Crippen LogP) is 6.68. The lowest BCUT2D eigenvalue weighted by Gasteiger charge is -2.26. The van der Waals surface area contributed by atoms with Crippen molar-refractivity contribution in [1.82, 2.24) is 0 Å². The zero-order valence-electron chi connectivity index (χ0n) is 15.3. The van der Waals surface area contributed by atoms with Gasteiger partial charge < -0.3 is 0 Å². The van der Waals surface area contributed by atoms with Gasteiger partial charge >= 0.3 is 0 Å². The molecule has 0 bridgehead atoms. The lowest BCUT2D eigenvalue weighted by Crippen LogP contribution is -2.12. The van der Waals surface area contributed by atoms with Gasteiger partial charge in [0.1, 0.15) is 5.82 Å². The van der Waals surface area contributed by atoms with Crippen LogP contribution in [0.1, 0.15) is 76.3 Å². The van der Waals surface area contributed by atoms with Crippen LogP contribution in [0.2, 0.25) is 0 Å². The summed E-state index contributed by atoms with van der Waals surface area (Å²) in [4.78, 5) is 0. The van der Waals surface area contributed by atoms with Crippen LogP contribution in [0.25, 0.3) is 0 Å². The minimum atomic E-state index is -0.196. The van der Waals surface area contributed by atoms with E-state index in [-0.39, 0.29) is 5.82 Å². The van der Waals surface area contributed by atoms with Crippen molar-refractivity contribution in [2.24, 2.45) is 11.8 Å². The summed E-state index contributed by atoms with van der Waals surface area (Å²) in [6, 6.07) is 5.41. The highest BCUT2D eigenvalue weighted by Crippen LogP contribution is 2.32. The molecular formula is C23H31F. The summed E-state index contributed by atoms with van der Waals surface area (Å²) in [5.41, 5.74) is 1.55.